The van der Waals surface area contributed by atoms with E-state index < -0.39 is 0 Å². The predicted octanol–water partition coefficient (Wildman–Crippen LogP) is 11.3. The van der Waals surface area contributed by atoms with Crippen molar-refractivity contribution in [3.05, 3.63) is 167 Å². The lowest BCUT2D eigenvalue weighted by Gasteiger charge is -2.17. The Labute approximate surface area is 256 Å². The molecule has 0 saturated heterocycles. The lowest BCUT2D eigenvalue weighted by atomic mass is 10.0. The first kappa shape index (κ1) is 25.7. The molecule has 2 aliphatic rings. The van der Waals surface area contributed by atoms with Crippen LogP contribution in [0.25, 0.3) is 55.9 Å². The Balaban J connectivity index is 1.39. The molecule has 8 rings (SSSR count). The lowest BCUT2D eigenvalue weighted by Crippen LogP contribution is -2.00. The van der Waals surface area contributed by atoms with Crippen LogP contribution in [0.3, 0.4) is 0 Å². The molecular formula is C41H29NS. The summed E-state index contributed by atoms with van der Waals surface area (Å²) < 4.78 is 2.48. The largest absolute Gasteiger partial charge is 0.308 e. The summed E-state index contributed by atoms with van der Waals surface area (Å²) in [5, 5.41) is 6.22. The van der Waals surface area contributed by atoms with E-state index in [1.165, 1.54) is 59.9 Å². The van der Waals surface area contributed by atoms with Crippen molar-refractivity contribution in [3.63, 3.8) is 0 Å². The van der Waals surface area contributed by atoms with Gasteiger partial charge in [-0.1, -0.05) is 122 Å². The zero-order valence-corrected chi connectivity index (χ0v) is 24.6. The highest BCUT2D eigenvalue weighted by atomic mass is 32.2. The molecule has 0 radical (unpaired) electrons. The fraction of sp³-hybridized carbons (Fsp3) is 0.0488. The molecule has 0 N–H and O–H groups in total. The van der Waals surface area contributed by atoms with E-state index in [2.05, 4.69) is 150 Å². The van der Waals surface area contributed by atoms with Crippen molar-refractivity contribution in [3.8, 4) is 5.69 Å². The van der Waals surface area contributed by atoms with Crippen LogP contribution in [0.4, 0.5) is 0 Å². The minimum atomic E-state index is 0.901. The quantitative estimate of drug-likeness (QED) is 0.149. The molecular weight excluding hydrogens is 539 g/mol. The van der Waals surface area contributed by atoms with Crippen molar-refractivity contribution in [2.24, 2.45) is 0 Å². The van der Waals surface area contributed by atoms with Gasteiger partial charge in [0.05, 0.1) is 16.9 Å². The number of benzene rings is 5. The van der Waals surface area contributed by atoms with E-state index in [0.29, 0.717) is 0 Å². The van der Waals surface area contributed by atoms with E-state index in [1.54, 1.807) is 11.8 Å². The number of thioether (sulfide) groups is 1. The summed E-state index contributed by atoms with van der Waals surface area (Å²) in [4.78, 5) is 2.25. The van der Waals surface area contributed by atoms with Gasteiger partial charge in [0.25, 0.3) is 0 Å². The minimum absolute atomic E-state index is 0.901. The van der Waals surface area contributed by atoms with Gasteiger partial charge in [-0.25, -0.2) is 0 Å². The van der Waals surface area contributed by atoms with Gasteiger partial charge < -0.3 is 4.57 Å². The lowest BCUT2D eigenvalue weighted by molar-refractivity contribution is 1.13. The van der Waals surface area contributed by atoms with Crippen LogP contribution >= 0.6 is 11.8 Å². The number of hydrogen-bond acceptors (Lipinski definition) is 1. The van der Waals surface area contributed by atoms with Crippen molar-refractivity contribution in [1.29, 1.82) is 0 Å². The molecule has 204 valence electrons. The zero-order valence-electron chi connectivity index (χ0n) is 23.8. The van der Waals surface area contributed by atoms with Crippen molar-refractivity contribution in [2.75, 3.05) is 0 Å². The molecule has 1 aromatic heterocycles. The van der Waals surface area contributed by atoms with Gasteiger partial charge >= 0.3 is 0 Å². The van der Waals surface area contributed by atoms with Gasteiger partial charge in [-0.2, -0.15) is 0 Å². The summed E-state index contributed by atoms with van der Waals surface area (Å²) in [6, 6.07) is 35.3. The molecule has 0 unspecified atom stereocenters. The third-order valence-corrected chi connectivity index (χ3v) is 9.48. The van der Waals surface area contributed by atoms with Crippen LogP contribution < -0.4 is 0 Å². The Bertz CT molecular complexity index is 2210. The maximum Gasteiger partial charge on any atom is 0.0618 e. The molecule has 1 aliphatic heterocycles. The topological polar surface area (TPSA) is 4.93 Å². The van der Waals surface area contributed by atoms with E-state index in [9.17, 15) is 0 Å². The molecule has 0 atom stereocenters. The van der Waals surface area contributed by atoms with Crippen LogP contribution in [0.2, 0.25) is 0 Å². The standard InChI is InChI=1S/C41H29NS/c1-28-33(18-5-2-4-14-29-15-10-13-23-40(29)43-28)32-24-25-39-37(27-32)36-21-6-3-7-22-38(36)42(39)41-34-19-11-8-16-30(34)26-31-17-9-12-20-35(31)41/h2,4-13,15-17,19-27H,1,3,14H2/b4-2-. The van der Waals surface area contributed by atoms with Crippen LogP contribution in [0.5, 0.6) is 0 Å². The maximum absolute atomic E-state index is 4.54. The van der Waals surface area contributed by atoms with Crippen LogP contribution in [-0.2, 0) is 6.42 Å². The van der Waals surface area contributed by atoms with E-state index in [1.807, 2.05) is 6.08 Å². The SMILES string of the molecule is C=C1Sc2ccccc2C/C=C\C=C=C1c1ccc2c(c1)c1c(n2-c2c3ccccc3cc3ccccc23)C=CCC=C1. The molecule has 1 nitrogen and oxygen atoms in total. The molecule has 6 aromatic rings. The Morgan fingerprint density at radius 3 is 2.30 bits per heavy atom. The number of hydrogen-bond donors (Lipinski definition) is 0. The molecule has 5 aromatic carbocycles. The second kappa shape index (κ2) is 10.7. The van der Waals surface area contributed by atoms with Crippen LogP contribution in [0, 0.1) is 0 Å². The smallest absolute Gasteiger partial charge is 0.0618 e. The number of allylic oxidation sites excluding steroid dienone is 5. The molecule has 43 heavy (non-hydrogen) atoms. The van der Waals surface area contributed by atoms with Crippen LogP contribution in [0.1, 0.15) is 28.8 Å². The summed E-state index contributed by atoms with van der Waals surface area (Å²) in [5.74, 6) is 0. The first-order chi connectivity index (χ1) is 21.3. The summed E-state index contributed by atoms with van der Waals surface area (Å²) in [7, 11) is 0. The Kier molecular flexibility index (Phi) is 6.38. The van der Waals surface area contributed by atoms with Gasteiger partial charge in [0.15, 0.2) is 0 Å². The summed E-state index contributed by atoms with van der Waals surface area (Å²) in [6.45, 7) is 4.54. The first-order valence-corrected chi connectivity index (χ1v) is 15.6. The Morgan fingerprint density at radius 1 is 0.721 bits per heavy atom. The van der Waals surface area contributed by atoms with Crippen molar-refractivity contribution in [1.82, 2.24) is 4.57 Å². The molecule has 1 aliphatic carbocycles. The van der Waals surface area contributed by atoms with E-state index in [4.69, 9.17) is 0 Å². The summed E-state index contributed by atoms with van der Waals surface area (Å²) >= 11 is 1.74. The van der Waals surface area contributed by atoms with Gasteiger partial charge in [-0.15, -0.1) is 5.73 Å². The normalized spacial score (nSPS) is 15.3. The molecule has 0 bridgehead atoms. The van der Waals surface area contributed by atoms with Gasteiger partial charge in [0.1, 0.15) is 0 Å². The molecule has 0 fully saturated rings. The predicted molar refractivity (Wildman–Crippen MR) is 187 cm³/mol. The number of nitrogens with zero attached hydrogens (tertiary/aromatic N) is 1. The highest BCUT2D eigenvalue weighted by molar-refractivity contribution is 8.03. The van der Waals surface area contributed by atoms with Gasteiger partial charge in [0.2, 0.25) is 0 Å². The average Bonchev–Trinajstić information content (AvgIpc) is 3.16. The van der Waals surface area contributed by atoms with Crippen molar-refractivity contribution < 1.29 is 0 Å². The third kappa shape index (κ3) is 4.44. The van der Waals surface area contributed by atoms with E-state index >= 15 is 0 Å². The van der Waals surface area contributed by atoms with Gasteiger partial charge in [-0.05, 0) is 71.2 Å². The maximum atomic E-state index is 4.54. The Morgan fingerprint density at radius 2 is 1.47 bits per heavy atom. The fourth-order valence-electron chi connectivity index (χ4n) is 6.42. The monoisotopic (exact) mass is 567 g/mol. The van der Waals surface area contributed by atoms with Gasteiger partial charge in [0, 0.05) is 37.1 Å². The first-order valence-electron chi connectivity index (χ1n) is 14.8. The number of aromatic nitrogens is 1. The third-order valence-electron chi connectivity index (χ3n) is 8.41. The molecule has 2 heterocycles. The highest BCUT2D eigenvalue weighted by Gasteiger charge is 2.21. The second-order valence-corrected chi connectivity index (χ2v) is 12.2. The number of rotatable bonds is 2. The van der Waals surface area contributed by atoms with E-state index in [0.717, 1.165) is 28.9 Å². The second-order valence-electron chi connectivity index (χ2n) is 11.0. The van der Waals surface area contributed by atoms with Crippen LogP contribution in [0.15, 0.2) is 150 Å². The van der Waals surface area contributed by atoms with Crippen molar-refractivity contribution in [2.45, 2.75) is 17.7 Å². The molecule has 2 heteroatoms. The Hall–Kier alpha value is -5.01. The van der Waals surface area contributed by atoms with Crippen LogP contribution in [-0.4, -0.2) is 4.57 Å². The average molecular weight is 568 g/mol. The molecule has 0 spiro atoms. The minimum Gasteiger partial charge on any atom is -0.308 e. The van der Waals surface area contributed by atoms with E-state index in [-0.39, 0.29) is 0 Å². The zero-order chi connectivity index (χ0) is 28.8. The summed E-state index contributed by atoms with van der Waals surface area (Å²) in [5.41, 5.74) is 11.9. The summed E-state index contributed by atoms with van der Waals surface area (Å²) in [6.07, 6.45) is 17.3. The van der Waals surface area contributed by atoms with Crippen molar-refractivity contribution >= 4 is 61.9 Å². The molecule has 0 saturated carbocycles. The van der Waals surface area contributed by atoms with Gasteiger partial charge in [-0.3, -0.25) is 0 Å². The number of fused-ring (bicyclic) bond motifs is 6. The fourth-order valence-corrected chi connectivity index (χ4v) is 7.39. The molecule has 0 amide bonds. The highest BCUT2D eigenvalue weighted by Crippen LogP contribution is 2.42.